The Morgan fingerprint density at radius 2 is 1.97 bits per heavy atom. The predicted molar refractivity (Wildman–Crippen MR) is 118 cm³/mol. The molecule has 0 unspecified atom stereocenters. The summed E-state index contributed by atoms with van der Waals surface area (Å²) in [6.07, 6.45) is 3.26. The standard InChI is InChI=1S/C22H29NO6S/c1-6-7-14-12-19(24)28-18-13-15(8-9-16(14)18)27-20(25)17(10-11-30-5)23-21(26)29-22(2,3)4/h8-9,12-13,17H,6-7,10-11H2,1-5H3,(H,23,26)/t17-/m0/s1. The molecule has 0 spiro atoms. The third kappa shape index (κ3) is 7.09. The van der Waals surface area contributed by atoms with Crippen molar-refractivity contribution in [2.75, 3.05) is 12.0 Å². The Hall–Kier alpha value is -2.48. The molecule has 1 heterocycles. The molecule has 0 radical (unpaired) electrons. The summed E-state index contributed by atoms with van der Waals surface area (Å²) < 4.78 is 16.0. The van der Waals surface area contributed by atoms with Gasteiger partial charge in [-0.3, -0.25) is 0 Å². The molecule has 2 rings (SSSR count). The van der Waals surface area contributed by atoms with Crippen LogP contribution in [0.4, 0.5) is 4.79 Å². The zero-order valence-corrected chi connectivity index (χ0v) is 18.9. The van der Waals surface area contributed by atoms with E-state index in [1.807, 2.05) is 13.2 Å². The minimum Gasteiger partial charge on any atom is -0.444 e. The number of rotatable bonds is 8. The number of aryl methyl sites for hydroxylation is 1. The first kappa shape index (κ1) is 23.8. The highest BCUT2D eigenvalue weighted by atomic mass is 32.2. The molecule has 164 valence electrons. The second kappa shape index (κ2) is 10.5. The number of benzene rings is 1. The van der Waals surface area contributed by atoms with Gasteiger partial charge in [-0.25, -0.2) is 14.4 Å². The van der Waals surface area contributed by atoms with Gasteiger partial charge in [0.2, 0.25) is 0 Å². The molecule has 0 saturated carbocycles. The largest absolute Gasteiger partial charge is 0.444 e. The number of carbonyl (C=O) groups is 2. The van der Waals surface area contributed by atoms with Gasteiger partial charge in [0.25, 0.3) is 0 Å². The maximum atomic E-state index is 12.7. The maximum Gasteiger partial charge on any atom is 0.408 e. The van der Waals surface area contributed by atoms with Crippen LogP contribution in [0.5, 0.6) is 5.75 Å². The van der Waals surface area contributed by atoms with Crippen molar-refractivity contribution in [1.29, 1.82) is 0 Å². The maximum absolute atomic E-state index is 12.7. The number of hydrogen-bond donors (Lipinski definition) is 1. The summed E-state index contributed by atoms with van der Waals surface area (Å²) in [5.41, 5.74) is 0.131. The SMILES string of the molecule is CCCc1cc(=O)oc2cc(OC(=O)[C@H](CCSC)NC(=O)OC(C)(C)C)ccc12. The van der Waals surface area contributed by atoms with Crippen molar-refractivity contribution in [1.82, 2.24) is 5.32 Å². The van der Waals surface area contributed by atoms with Crippen LogP contribution in [0.25, 0.3) is 11.0 Å². The predicted octanol–water partition coefficient (Wildman–Crippen LogP) is 4.30. The van der Waals surface area contributed by atoms with Crippen LogP contribution in [-0.2, 0) is 16.0 Å². The zero-order valence-electron chi connectivity index (χ0n) is 18.1. The molecule has 7 nitrogen and oxygen atoms in total. The molecule has 1 amide bonds. The molecule has 0 saturated heterocycles. The van der Waals surface area contributed by atoms with E-state index in [4.69, 9.17) is 13.9 Å². The van der Waals surface area contributed by atoms with Gasteiger partial charge < -0.3 is 19.2 Å². The molecule has 0 bridgehead atoms. The molecule has 1 atom stereocenters. The highest BCUT2D eigenvalue weighted by Crippen LogP contribution is 2.24. The molecule has 30 heavy (non-hydrogen) atoms. The number of ether oxygens (including phenoxy) is 2. The second-order valence-electron chi connectivity index (χ2n) is 7.90. The van der Waals surface area contributed by atoms with Crippen LogP contribution < -0.4 is 15.7 Å². The van der Waals surface area contributed by atoms with Gasteiger partial charge >= 0.3 is 17.7 Å². The van der Waals surface area contributed by atoms with Crippen molar-refractivity contribution < 1.29 is 23.5 Å². The van der Waals surface area contributed by atoms with Crippen LogP contribution in [0.15, 0.2) is 33.5 Å². The normalized spacial score (nSPS) is 12.4. The molecular formula is C22H29NO6S. The highest BCUT2D eigenvalue weighted by molar-refractivity contribution is 7.98. The Morgan fingerprint density at radius 3 is 2.60 bits per heavy atom. The van der Waals surface area contributed by atoms with Gasteiger partial charge in [-0.15, -0.1) is 0 Å². The van der Waals surface area contributed by atoms with E-state index in [2.05, 4.69) is 5.32 Å². The molecule has 0 fully saturated rings. The highest BCUT2D eigenvalue weighted by Gasteiger charge is 2.26. The lowest BCUT2D eigenvalue weighted by molar-refractivity contribution is -0.136. The molecule has 1 aromatic carbocycles. The molecule has 1 aromatic heterocycles. The smallest absolute Gasteiger partial charge is 0.408 e. The van der Waals surface area contributed by atoms with Gasteiger partial charge in [-0.1, -0.05) is 13.3 Å². The molecule has 8 heteroatoms. The van der Waals surface area contributed by atoms with Gasteiger partial charge in [-0.2, -0.15) is 11.8 Å². The molecule has 0 aliphatic heterocycles. The van der Waals surface area contributed by atoms with Gasteiger partial charge in [0.1, 0.15) is 23.0 Å². The number of alkyl carbamates (subject to hydrolysis) is 1. The van der Waals surface area contributed by atoms with E-state index in [9.17, 15) is 14.4 Å². The molecule has 1 N–H and O–H groups in total. The van der Waals surface area contributed by atoms with Crippen LogP contribution in [0, 0.1) is 0 Å². The third-order valence-corrected chi connectivity index (χ3v) is 4.77. The average molecular weight is 436 g/mol. The number of fused-ring (bicyclic) bond motifs is 1. The lowest BCUT2D eigenvalue weighted by Crippen LogP contribution is -2.45. The van der Waals surface area contributed by atoms with Crippen LogP contribution in [-0.4, -0.2) is 35.7 Å². The van der Waals surface area contributed by atoms with Crippen molar-refractivity contribution in [3.63, 3.8) is 0 Å². The summed E-state index contributed by atoms with van der Waals surface area (Å²) in [4.78, 5) is 36.6. The summed E-state index contributed by atoms with van der Waals surface area (Å²) in [6.45, 7) is 7.27. The molecule has 0 aliphatic carbocycles. The number of hydrogen-bond acceptors (Lipinski definition) is 7. The summed E-state index contributed by atoms with van der Waals surface area (Å²) >= 11 is 1.55. The number of carbonyl (C=O) groups excluding carboxylic acids is 2. The van der Waals surface area contributed by atoms with Gasteiger partial charge in [-0.05, 0) is 63.3 Å². The van der Waals surface area contributed by atoms with E-state index < -0.39 is 29.3 Å². The van der Waals surface area contributed by atoms with E-state index >= 15 is 0 Å². The monoisotopic (exact) mass is 435 g/mol. The topological polar surface area (TPSA) is 94.8 Å². The average Bonchev–Trinajstić information content (AvgIpc) is 2.63. The Balaban J connectivity index is 2.20. The van der Waals surface area contributed by atoms with Gasteiger partial charge in [0, 0.05) is 17.5 Å². The van der Waals surface area contributed by atoms with E-state index in [-0.39, 0.29) is 5.75 Å². The summed E-state index contributed by atoms with van der Waals surface area (Å²) in [6, 6.07) is 5.57. The number of thioether (sulfide) groups is 1. The second-order valence-corrected chi connectivity index (χ2v) is 8.89. The summed E-state index contributed by atoms with van der Waals surface area (Å²) in [5, 5.41) is 3.39. The van der Waals surface area contributed by atoms with Crippen molar-refractivity contribution >= 4 is 34.8 Å². The van der Waals surface area contributed by atoms with Crippen LogP contribution >= 0.6 is 11.8 Å². The van der Waals surface area contributed by atoms with Crippen LogP contribution in [0.1, 0.15) is 46.1 Å². The fraction of sp³-hybridized carbons (Fsp3) is 0.500. The van der Waals surface area contributed by atoms with E-state index in [1.165, 1.54) is 12.1 Å². The first-order valence-electron chi connectivity index (χ1n) is 9.90. The zero-order chi connectivity index (χ0) is 22.3. The summed E-state index contributed by atoms with van der Waals surface area (Å²) in [5.74, 6) is 0.286. The minimum atomic E-state index is -0.860. The van der Waals surface area contributed by atoms with Crippen LogP contribution in [0.2, 0.25) is 0 Å². The number of nitrogens with one attached hydrogen (secondary N) is 1. The first-order valence-corrected chi connectivity index (χ1v) is 11.3. The van der Waals surface area contributed by atoms with Gasteiger partial charge in [0.15, 0.2) is 0 Å². The van der Waals surface area contributed by atoms with Gasteiger partial charge in [0.05, 0.1) is 0 Å². The van der Waals surface area contributed by atoms with E-state index in [1.54, 1.807) is 44.7 Å². The third-order valence-electron chi connectivity index (χ3n) is 4.13. The lowest BCUT2D eigenvalue weighted by Gasteiger charge is -2.22. The van der Waals surface area contributed by atoms with Crippen LogP contribution in [0.3, 0.4) is 0 Å². The summed E-state index contributed by atoms with van der Waals surface area (Å²) in [7, 11) is 0. The number of amides is 1. The fourth-order valence-corrected chi connectivity index (χ4v) is 3.34. The molecule has 2 aromatic rings. The first-order chi connectivity index (χ1) is 14.1. The lowest BCUT2D eigenvalue weighted by atomic mass is 10.1. The Morgan fingerprint density at radius 1 is 1.23 bits per heavy atom. The van der Waals surface area contributed by atoms with E-state index in [0.29, 0.717) is 17.8 Å². The number of esters is 1. The quantitative estimate of drug-likeness (QED) is 0.375. The van der Waals surface area contributed by atoms with Crippen molar-refractivity contribution in [3.05, 3.63) is 40.2 Å². The van der Waals surface area contributed by atoms with Crippen molar-refractivity contribution in [2.24, 2.45) is 0 Å². The fourth-order valence-electron chi connectivity index (χ4n) is 2.87. The molecule has 0 aliphatic rings. The van der Waals surface area contributed by atoms with E-state index in [0.717, 1.165) is 23.8 Å². The Labute approximate surface area is 180 Å². The minimum absolute atomic E-state index is 0.240. The molecular weight excluding hydrogens is 406 g/mol. The Kier molecular flexibility index (Phi) is 8.34. The Bertz CT molecular complexity index is 947. The van der Waals surface area contributed by atoms with Crippen molar-refractivity contribution in [2.45, 2.75) is 58.6 Å². The van der Waals surface area contributed by atoms with Crippen molar-refractivity contribution in [3.8, 4) is 5.75 Å².